The minimum Gasteiger partial charge on any atom is -0.490 e. The van der Waals surface area contributed by atoms with E-state index in [4.69, 9.17) is 14.2 Å². The summed E-state index contributed by atoms with van der Waals surface area (Å²) >= 11 is 1.52. The maximum Gasteiger partial charge on any atom is 0.338 e. The first-order valence-electron chi connectivity index (χ1n) is 12.4. The number of unbranched alkanes of at least 4 members (excludes halogenated alkanes) is 1. The predicted octanol–water partition coefficient (Wildman–Crippen LogP) is 5.66. The van der Waals surface area contributed by atoms with E-state index >= 15 is 0 Å². The van der Waals surface area contributed by atoms with Gasteiger partial charge in [0.2, 0.25) is 5.91 Å². The van der Waals surface area contributed by atoms with Gasteiger partial charge in [-0.1, -0.05) is 61.5 Å². The average Bonchev–Trinajstić information content (AvgIpc) is 2.88. The van der Waals surface area contributed by atoms with Gasteiger partial charge in [0.1, 0.15) is 6.61 Å². The molecule has 1 saturated heterocycles. The van der Waals surface area contributed by atoms with E-state index in [-0.39, 0.29) is 12.5 Å². The molecule has 4 rings (SSSR count). The van der Waals surface area contributed by atoms with E-state index in [1.165, 1.54) is 11.8 Å². The molecule has 2 aromatic rings. The third-order valence-corrected chi connectivity index (χ3v) is 6.93. The maximum atomic E-state index is 13.4. The van der Waals surface area contributed by atoms with Crippen molar-refractivity contribution in [1.29, 1.82) is 0 Å². The molecule has 36 heavy (non-hydrogen) atoms. The zero-order valence-corrected chi connectivity index (χ0v) is 21.8. The number of benzene rings is 2. The van der Waals surface area contributed by atoms with Crippen LogP contribution in [0.25, 0.3) is 0 Å². The molecule has 2 aliphatic rings. The molecule has 7 nitrogen and oxygen atoms in total. The summed E-state index contributed by atoms with van der Waals surface area (Å²) in [6.07, 6.45) is 2.34. The Morgan fingerprint density at radius 2 is 1.92 bits per heavy atom. The number of rotatable bonds is 10. The zero-order chi connectivity index (χ0) is 25.5. The minimum atomic E-state index is -0.662. The SMILES string of the molecule is CCCCOc1ccc([C@H]2C(C(=O)OCc3ccccc3)=C(C)N=C3SCCC(=O)N32)cc1OCC. The number of hydrogen-bond donors (Lipinski definition) is 0. The van der Waals surface area contributed by atoms with Crippen LogP contribution in [-0.2, 0) is 20.9 Å². The number of esters is 1. The van der Waals surface area contributed by atoms with Crippen molar-refractivity contribution in [3.05, 3.63) is 70.9 Å². The second-order valence-electron chi connectivity index (χ2n) is 8.56. The second-order valence-corrected chi connectivity index (χ2v) is 9.62. The van der Waals surface area contributed by atoms with Gasteiger partial charge in [-0.25, -0.2) is 9.79 Å². The highest BCUT2D eigenvalue weighted by molar-refractivity contribution is 8.14. The van der Waals surface area contributed by atoms with E-state index in [2.05, 4.69) is 11.9 Å². The van der Waals surface area contributed by atoms with Crippen molar-refractivity contribution in [2.24, 2.45) is 4.99 Å². The van der Waals surface area contributed by atoms with Gasteiger partial charge < -0.3 is 14.2 Å². The Morgan fingerprint density at radius 3 is 2.67 bits per heavy atom. The molecule has 0 saturated carbocycles. The van der Waals surface area contributed by atoms with Crippen molar-refractivity contribution in [1.82, 2.24) is 4.90 Å². The molecule has 2 aromatic carbocycles. The number of amides is 1. The third kappa shape index (κ3) is 5.75. The summed E-state index contributed by atoms with van der Waals surface area (Å²) < 4.78 is 17.5. The van der Waals surface area contributed by atoms with Gasteiger partial charge in [0.05, 0.1) is 30.5 Å². The van der Waals surface area contributed by atoms with Gasteiger partial charge >= 0.3 is 5.97 Å². The Kier molecular flexibility index (Phi) is 8.70. The molecule has 0 unspecified atom stereocenters. The summed E-state index contributed by atoms with van der Waals surface area (Å²) in [6, 6.07) is 14.5. The highest BCUT2D eigenvalue weighted by Gasteiger charge is 2.42. The molecule has 0 aliphatic carbocycles. The Balaban J connectivity index is 1.71. The van der Waals surface area contributed by atoms with Crippen molar-refractivity contribution in [3.8, 4) is 11.5 Å². The quantitative estimate of drug-likeness (QED) is 0.305. The van der Waals surface area contributed by atoms with E-state index < -0.39 is 12.0 Å². The van der Waals surface area contributed by atoms with Crippen LogP contribution in [0.4, 0.5) is 0 Å². The second kappa shape index (κ2) is 12.1. The van der Waals surface area contributed by atoms with Crippen LogP contribution in [-0.4, -0.2) is 40.9 Å². The fourth-order valence-corrected chi connectivity index (χ4v) is 5.19. The lowest BCUT2D eigenvalue weighted by molar-refractivity contribution is -0.141. The smallest absolute Gasteiger partial charge is 0.338 e. The first-order chi connectivity index (χ1) is 17.5. The standard InChI is InChI=1S/C28H32N2O5S/c1-4-6-15-34-22-13-12-21(17-23(22)33-5-2)26-25(27(32)35-18-20-10-8-7-9-11-20)19(3)29-28-30(26)24(31)14-16-36-28/h7-13,17,26H,4-6,14-16,18H2,1-3H3/t26-/m0/s1. The molecule has 8 heteroatoms. The predicted molar refractivity (Wildman–Crippen MR) is 141 cm³/mol. The van der Waals surface area contributed by atoms with Crippen molar-refractivity contribution < 1.29 is 23.8 Å². The van der Waals surface area contributed by atoms with Crippen LogP contribution in [0.2, 0.25) is 0 Å². The van der Waals surface area contributed by atoms with Crippen LogP contribution in [0.1, 0.15) is 57.2 Å². The molecule has 0 radical (unpaired) electrons. The number of thioether (sulfide) groups is 1. The number of allylic oxidation sites excluding steroid dienone is 1. The van der Waals surface area contributed by atoms with E-state index in [1.54, 1.807) is 11.8 Å². The van der Waals surface area contributed by atoms with Crippen LogP contribution < -0.4 is 9.47 Å². The van der Waals surface area contributed by atoms with E-state index in [0.29, 0.717) is 53.3 Å². The summed E-state index contributed by atoms with van der Waals surface area (Å²) in [5, 5.41) is 0.606. The van der Waals surface area contributed by atoms with E-state index in [9.17, 15) is 9.59 Å². The number of ether oxygens (including phenoxy) is 3. The van der Waals surface area contributed by atoms with Crippen LogP contribution in [0.15, 0.2) is 64.8 Å². The van der Waals surface area contributed by atoms with Crippen LogP contribution in [0.3, 0.4) is 0 Å². The summed E-state index contributed by atoms with van der Waals surface area (Å²) in [7, 11) is 0. The molecule has 1 fully saturated rings. The topological polar surface area (TPSA) is 77.4 Å². The maximum absolute atomic E-state index is 13.4. The molecular weight excluding hydrogens is 476 g/mol. The lowest BCUT2D eigenvalue weighted by Crippen LogP contribution is -2.45. The highest BCUT2D eigenvalue weighted by Crippen LogP contribution is 2.42. The zero-order valence-electron chi connectivity index (χ0n) is 21.0. The monoisotopic (exact) mass is 508 g/mol. The van der Waals surface area contributed by atoms with Gasteiger partial charge in [-0.15, -0.1) is 0 Å². The number of carbonyl (C=O) groups excluding carboxylic acids is 2. The van der Waals surface area contributed by atoms with Gasteiger partial charge in [-0.2, -0.15) is 0 Å². The molecule has 2 aliphatic heterocycles. The summed E-state index contributed by atoms with van der Waals surface area (Å²) in [6.45, 7) is 7.00. The van der Waals surface area contributed by atoms with Gasteiger partial charge in [0.25, 0.3) is 0 Å². The first-order valence-corrected chi connectivity index (χ1v) is 13.4. The largest absolute Gasteiger partial charge is 0.490 e. The lowest BCUT2D eigenvalue weighted by atomic mass is 9.93. The molecule has 1 amide bonds. The lowest BCUT2D eigenvalue weighted by Gasteiger charge is -2.39. The van der Waals surface area contributed by atoms with E-state index in [1.807, 2.05) is 55.5 Å². The normalized spacial score (nSPS) is 17.4. The number of hydrogen-bond acceptors (Lipinski definition) is 7. The number of aliphatic imine (C=N–C) groups is 1. The fraction of sp³-hybridized carbons (Fsp3) is 0.393. The molecule has 190 valence electrons. The van der Waals surface area contributed by atoms with Gasteiger partial charge in [-0.3, -0.25) is 9.69 Å². The number of fused-ring (bicyclic) bond motifs is 1. The highest BCUT2D eigenvalue weighted by atomic mass is 32.2. The van der Waals surface area contributed by atoms with E-state index in [0.717, 1.165) is 24.0 Å². The Hall–Kier alpha value is -3.26. The van der Waals surface area contributed by atoms with Crippen molar-refractivity contribution >= 4 is 28.8 Å². The Morgan fingerprint density at radius 1 is 1.11 bits per heavy atom. The molecule has 0 bridgehead atoms. The molecule has 2 heterocycles. The van der Waals surface area contributed by atoms with Crippen LogP contribution in [0, 0.1) is 0 Å². The van der Waals surface area contributed by atoms with Crippen LogP contribution in [0.5, 0.6) is 11.5 Å². The molecular formula is C28H32N2O5S. The summed E-state index contributed by atoms with van der Waals surface area (Å²) in [4.78, 5) is 32.8. The van der Waals surface area contributed by atoms with Gasteiger partial charge in [0.15, 0.2) is 16.7 Å². The fourth-order valence-electron chi connectivity index (χ4n) is 4.18. The number of nitrogens with zero attached hydrogens (tertiary/aromatic N) is 2. The molecule has 0 aromatic heterocycles. The molecule has 0 N–H and O–H groups in total. The van der Waals surface area contributed by atoms with Gasteiger partial charge in [-0.05, 0) is 43.5 Å². The van der Waals surface area contributed by atoms with Crippen LogP contribution >= 0.6 is 11.8 Å². The number of amidine groups is 1. The molecule has 1 atom stereocenters. The Labute approximate surface area is 216 Å². The van der Waals surface area contributed by atoms with Gasteiger partial charge in [0, 0.05) is 12.2 Å². The summed E-state index contributed by atoms with van der Waals surface area (Å²) in [5.74, 6) is 1.33. The van der Waals surface area contributed by atoms with Crippen molar-refractivity contribution in [2.75, 3.05) is 19.0 Å². The third-order valence-electron chi connectivity index (χ3n) is 5.98. The Bertz CT molecular complexity index is 1160. The van der Waals surface area contributed by atoms with Crippen molar-refractivity contribution in [2.45, 2.75) is 52.7 Å². The summed E-state index contributed by atoms with van der Waals surface area (Å²) in [5.41, 5.74) is 2.54. The minimum absolute atomic E-state index is 0.0698. The number of carbonyl (C=O) groups is 2. The first kappa shape index (κ1) is 25.8. The average molecular weight is 509 g/mol. The van der Waals surface area contributed by atoms with Crippen molar-refractivity contribution in [3.63, 3.8) is 0 Å². The molecule has 0 spiro atoms.